The molecular weight excluding hydrogens is 224 g/mol. The van der Waals surface area contributed by atoms with Crippen molar-refractivity contribution >= 4 is 11.8 Å². The number of fused-ring (bicyclic) bond motifs is 2. The molecule has 92 valence electrons. The summed E-state index contributed by atoms with van der Waals surface area (Å²) in [4.78, 5) is 1.45. The summed E-state index contributed by atoms with van der Waals surface area (Å²) in [7, 11) is 0. The standard InChI is InChI=1S/C16H22S/c1-15(2)12-9-10-16(15,3)14(11-12)17-13-7-5-4-6-8-13/h4-8,12,14H,9-11H2,1-3H3/t12-,14?,16+/m0/s1. The minimum atomic E-state index is 0.540. The van der Waals surface area contributed by atoms with Crippen molar-refractivity contribution in [2.24, 2.45) is 16.7 Å². The maximum Gasteiger partial charge on any atom is 0.0156 e. The fourth-order valence-electron chi connectivity index (χ4n) is 3.97. The second kappa shape index (κ2) is 3.78. The fourth-order valence-corrected chi connectivity index (χ4v) is 5.62. The molecular formula is C16H22S. The molecule has 0 heterocycles. The van der Waals surface area contributed by atoms with Crippen LogP contribution in [0.4, 0.5) is 0 Å². The minimum absolute atomic E-state index is 0.540. The first-order valence-corrected chi connectivity index (χ1v) is 7.64. The van der Waals surface area contributed by atoms with Crippen LogP contribution in [0.25, 0.3) is 0 Å². The van der Waals surface area contributed by atoms with Crippen molar-refractivity contribution in [1.82, 2.24) is 0 Å². The predicted octanol–water partition coefficient (Wildman–Crippen LogP) is 4.99. The molecule has 0 aliphatic heterocycles. The van der Waals surface area contributed by atoms with Gasteiger partial charge in [-0.25, -0.2) is 0 Å². The van der Waals surface area contributed by atoms with E-state index in [9.17, 15) is 0 Å². The molecule has 0 radical (unpaired) electrons. The highest BCUT2D eigenvalue weighted by atomic mass is 32.2. The van der Waals surface area contributed by atoms with Crippen LogP contribution >= 0.6 is 11.8 Å². The van der Waals surface area contributed by atoms with Gasteiger partial charge in [-0.3, -0.25) is 0 Å². The summed E-state index contributed by atoms with van der Waals surface area (Å²) in [5.74, 6) is 0.953. The van der Waals surface area contributed by atoms with Crippen molar-refractivity contribution in [3.8, 4) is 0 Å². The largest absolute Gasteiger partial charge is 0.122 e. The van der Waals surface area contributed by atoms with E-state index in [4.69, 9.17) is 0 Å². The molecule has 2 bridgehead atoms. The molecule has 3 rings (SSSR count). The third kappa shape index (κ3) is 1.58. The molecule has 0 saturated heterocycles. The van der Waals surface area contributed by atoms with Crippen LogP contribution < -0.4 is 0 Å². The van der Waals surface area contributed by atoms with E-state index in [2.05, 4.69) is 62.9 Å². The Hall–Kier alpha value is -0.430. The SMILES string of the molecule is CC1(C)[C@H]2CC[C@]1(C)C(Sc1ccccc1)C2. The molecule has 0 amide bonds. The molecule has 2 aliphatic rings. The lowest BCUT2D eigenvalue weighted by Crippen LogP contribution is -2.33. The molecule has 1 heteroatoms. The van der Waals surface area contributed by atoms with E-state index in [1.54, 1.807) is 0 Å². The van der Waals surface area contributed by atoms with Gasteiger partial charge in [0, 0.05) is 10.1 Å². The normalized spacial score (nSPS) is 38.5. The second-order valence-corrected chi connectivity index (χ2v) is 7.81. The third-order valence-corrected chi connectivity index (χ3v) is 7.28. The first-order valence-electron chi connectivity index (χ1n) is 6.76. The van der Waals surface area contributed by atoms with Gasteiger partial charge >= 0.3 is 0 Å². The van der Waals surface area contributed by atoms with E-state index in [0.717, 1.165) is 11.2 Å². The number of thioether (sulfide) groups is 1. The van der Waals surface area contributed by atoms with Crippen LogP contribution in [0.5, 0.6) is 0 Å². The molecule has 2 fully saturated rings. The van der Waals surface area contributed by atoms with E-state index < -0.39 is 0 Å². The fraction of sp³-hybridized carbons (Fsp3) is 0.625. The molecule has 0 aromatic heterocycles. The third-order valence-electron chi connectivity index (χ3n) is 5.74. The van der Waals surface area contributed by atoms with Crippen molar-refractivity contribution in [3.63, 3.8) is 0 Å². The van der Waals surface area contributed by atoms with Crippen LogP contribution in [-0.4, -0.2) is 5.25 Å². The molecule has 0 nitrogen and oxygen atoms in total. The van der Waals surface area contributed by atoms with Crippen molar-refractivity contribution < 1.29 is 0 Å². The van der Waals surface area contributed by atoms with E-state index in [1.807, 2.05) is 0 Å². The van der Waals surface area contributed by atoms with E-state index in [-0.39, 0.29) is 0 Å². The van der Waals surface area contributed by atoms with Gasteiger partial charge in [0.05, 0.1) is 0 Å². The average molecular weight is 246 g/mol. The van der Waals surface area contributed by atoms with Crippen molar-refractivity contribution in [3.05, 3.63) is 30.3 Å². The quantitative estimate of drug-likeness (QED) is 0.708. The topological polar surface area (TPSA) is 0 Å². The molecule has 0 spiro atoms. The number of benzene rings is 1. The highest BCUT2D eigenvalue weighted by Crippen LogP contribution is 2.68. The van der Waals surface area contributed by atoms with Gasteiger partial charge in [0.15, 0.2) is 0 Å². The summed E-state index contributed by atoms with van der Waals surface area (Å²) in [5.41, 5.74) is 1.08. The Kier molecular flexibility index (Phi) is 2.59. The van der Waals surface area contributed by atoms with Gasteiger partial charge in [-0.05, 0) is 48.1 Å². The zero-order valence-corrected chi connectivity index (χ0v) is 11.9. The van der Waals surface area contributed by atoms with Crippen LogP contribution in [0.1, 0.15) is 40.0 Å². The molecule has 17 heavy (non-hydrogen) atoms. The number of hydrogen-bond acceptors (Lipinski definition) is 1. The zero-order valence-electron chi connectivity index (χ0n) is 11.1. The lowest BCUT2D eigenvalue weighted by molar-refractivity contribution is 0.156. The Morgan fingerprint density at radius 1 is 1.12 bits per heavy atom. The smallest absolute Gasteiger partial charge is 0.0156 e. The highest BCUT2D eigenvalue weighted by Gasteiger charge is 2.61. The van der Waals surface area contributed by atoms with Crippen molar-refractivity contribution in [2.75, 3.05) is 0 Å². The van der Waals surface area contributed by atoms with Crippen LogP contribution in [0.3, 0.4) is 0 Å². The minimum Gasteiger partial charge on any atom is -0.122 e. The van der Waals surface area contributed by atoms with Gasteiger partial charge in [0.2, 0.25) is 0 Å². The van der Waals surface area contributed by atoms with Crippen LogP contribution in [0.2, 0.25) is 0 Å². The average Bonchev–Trinajstić information content (AvgIpc) is 2.63. The molecule has 2 aliphatic carbocycles. The van der Waals surface area contributed by atoms with Crippen LogP contribution in [0, 0.1) is 16.7 Å². The van der Waals surface area contributed by atoms with E-state index >= 15 is 0 Å². The molecule has 0 N–H and O–H groups in total. The van der Waals surface area contributed by atoms with Crippen LogP contribution in [0.15, 0.2) is 35.2 Å². The molecule has 1 aromatic rings. The molecule has 1 unspecified atom stereocenters. The lowest BCUT2D eigenvalue weighted by atomic mass is 9.71. The first kappa shape index (κ1) is 11.6. The Balaban J connectivity index is 1.83. The summed E-state index contributed by atoms with van der Waals surface area (Å²) < 4.78 is 0. The second-order valence-electron chi connectivity index (χ2n) is 6.53. The van der Waals surface area contributed by atoms with Crippen LogP contribution in [-0.2, 0) is 0 Å². The number of hydrogen-bond donors (Lipinski definition) is 0. The Morgan fingerprint density at radius 2 is 1.82 bits per heavy atom. The predicted molar refractivity (Wildman–Crippen MR) is 75.3 cm³/mol. The Labute approximate surface area is 109 Å². The van der Waals surface area contributed by atoms with E-state index in [1.165, 1.54) is 24.2 Å². The van der Waals surface area contributed by atoms with E-state index in [0.29, 0.717) is 10.8 Å². The van der Waals surface area contributed by atoms with Gasteiger partial charge in [-0.2, -0.15) is 0 Å². The highest BCUT2D eigenvalue weighted by molar-refractivity contribution is 8.00. The summed E-state index contributed by atoms with van der Waals surface area (Å²) in [6, 6.07) is 10.9. The Bertz CT molecular complexity index is 409. The zero-order chi connectivity index (χ0) is 12.1. The number of rotatable bonds is 2. The summed E-state index contributed by atoms with van der Waals surface area (Å²) in [6.07, 6.45) is 4.30. The van der Waals surface area contributed by atoms with Gasteiger partial charge in [0.25, 0.3) is 0 Å². The lowest BCUT2D eigenvalue weighted by Gasteiger charge is -2.39. The summed E-state index contributed by atoms with van der Waals surface area (Å²) in [6.45, 7) is 7.52. The maximum absolute atomic E-state index is 2.53. The summed E-state index contributed by atoms with van der Waals surface area (Å²) in [5, 5.41) is 0.818. The maximum atomic E-state index is 2.53. The van der Waals surface area contributed by atoms with Crippen molar-refractivity contribution in [2.45, 2.75) is 50.2 Å². The van der Waals surface area contributed by atoms with Crippen molar-refractivity contribution in [1.29, 1.82) is 0 Å². The van der Waals surface area contributed by atoms with Gasteiger partial charge in [-0.1, -0.05) is 39.0 Å². The molecule has 3 atom stereocenters. The monoisotopic (exact) mass is 246 g/mol. The molecule has 2 saturated carbocycles. The van der Waals surface area contributed by atoms with Gasteiger partial charge < -0.3 is 0 Å². The molecule has 1 aromatic carbocycles. The van der Waals surface area contributed by atoms with Gasteiger partial charge in [-0.15, -0.1) is 11.8 Å². The Morgan fingerprint density at radius 3 is 2.35 bits per heavy atom. The first-order chi connectivity index (χ1) is 8.04. The van der Waals surface area contributed by atoms with Gasteiger partial charge in [0.1, 0.15) is 0 Å². The summed E-state index contributed by atoms with van der Waals surface area (Å²) >= 11 is 2.12.